The molecule has 1 atom stereocenters. The summed E-state index contributed by atoms with van der Waals surface area (Å²) in [6.45, 7) is 6.46. The highest BCUT2D eigenvalue weighted by Crippen LogP contribution is 2.22. The van der Waals surface area contributed by atoms with Crippen LogP contribution in [0.25, 0.3) is 17.0 Å². The molecule has 3 rings (SSSR count). The molecular formula is C28H28N2O6. The van der Waals surface area contributed by atoms with Crippen molar-refractivity contribution < 1.29 is 23.5 Å². The lowest BCUT2D eigenvalue weighted by Crippen LogP contribution is -2.34. The van der Waals surface area contributed by atoms with E-state index in [0.29, 0.717) is 23.3 Å². The minimum atomic E-state index is -0.855. The van der Waals surface area contributed by atoms with Crippen molar-refractivity contribution in [2.75, 3.05) is 6.61 Å². The molecule has 0 saturated heterocycles. The van der Waals surface area contributed by atoms with Gasteiger partial charge in [0.1, 0.15) is 34.3 Å². The van der Waals surface area contributed by atoms with Gasteiger partial charge in [0, 0.05) is 17.5 Å². The maximum atomic E-state index is 12.6. The van der Waals surface area contributed by atoms with Gasteiger partial charge in [0.15, 0.2) is 0 Å². The molecular weight excluding hydrogens is 460 g/mol. The van der Waals surface area contributed by atoms with Gasteiger partial charge in [-0.1, -0.05) is 32.4 Å². The standard InChI is InChI=1S/C28H28N2O6/c1-4-6-13-34-22-10-7-19(8-11-22)14-21(17-29)27(32)35-23-12-9-20-15-24(26(31)30-18(3)5-2)28(33)36-25(20)16-23/h7-12,14-16,18H,4-6,13H2,1-3H3,(H,30,31)/b21-14+. The van der Waals surface area contributed by atoms with Gasteiger partial charge in [0.2, 0.25) is 0 Å². The third-order valence-corrected chi connectivity index (χ3v) is 5.45. The number of benzene rings is 2. The van der Waals surface area contributed by atoms with Gasteiger partial charge in [0.05, 0.1) is 6.61 Å². The number of nitrogens with one attached hydrogen (secondary N) is 1. The summed E-state index contributed by atoms with van der Waals surface area (Å²) in [5, 5.41) is 12.7. The number of esters is 1. The fourth-order valence-corrected chi connectivity index (χ4v) is 3.18. The quantitative estimate of drug-likeness (QED) is 0.106. The van der Waals surface area contributed by atoms with Crippen molar-refractivity contribution in [1.82, 2.24) is 5.32 Å². The second-order valence-electron chi connectivity index (χ2n) is 8.26. The van der Waals surface area contributed by atoms with Crippen LogP contribution in [0.15, 0.2) is 63.3 Å². The number of nitrogens with zero attached hydrogens (tertiary/aromatic N) is 1. The first kappa shape index (κ1) is 26.2. The molecule has 0 radical (unpaired) electrons. The molecule has 0 saturated carbocycles. The van der Waals surface area contributed by atoms with E-state index in [9.17, 15) is 19.6 Å². The Morgan fingerprint density at radius 2 is 1.83 bits per heavy atom. The first-order valence-corrected chi connectivity index (χ1v) is 11.8. The molecule has 0 aliphatic rings. The van der Waals surface area contributed by atoms with Crippen LogP contribution in [0.4, 0.5) is 0 Å². The Balaban J connectivity index is 1.75. The summed E-state index contributed by atoms with van der Waals surface area (Å²) < 4.78 is 16.2. The van der Waals surface area contributed by atoms with Gasteiger partial charge in [-0.25, -0.2) is 9.59 Å². The number of rotatable bonds is 10. The van der Waals surface area contributed by atoms with Crippen LogP contribution in [0.2, 0.25) is 0 Å². The van der Waals surface area contributed by atoms with Crippen molar-refractivity contribution in [3.05, 3.63) is 75.7 Å². The van der Waals surface area contributed by atoms with Gasteiger partial charge in [-0.3, -0.25) is 4.79 Å². The van der Waals surface area contributed by atoms with Crippen molar-refractivity contribution in [2.45, 2.75) is 46.1 Å². The summed E-state index contributed by atoms with van der Waals surface area (Å²) in [5.41, 5.74) is -0.325. The van der Waals surface area contributed by atoms with Crippen molar-refractivity contribution in [1.29, 1.82) is 5.26 Å². The number of hydrogen-bond acceptors (Lipinski definition) is 7. The Hall–Kier alpha value is -4.38. The summed E-state index contributed by atoms with van der Waals surface area (Å²) in [4.78, 5) is 37.3. The number of fused-ring (bicyclic) bond motifs is 1. The van der Waals surface area contributed by atoms with Crippen LogP contribution in [0, 0.1) is 11.3 Å². The Kier molecular flexibility index (Phi) is 9.01. The molecule has 186 valence electrons. The van der Waals surface area contributed by atoms with Gasteiger partial charge in [-0.05, 0) is 61.7 Å². The summed E-state index contributed by atoms with van der Waals surface area (Å²) in [6, 6.07) is 14.6. The van der Waals surface area contributed by atoms with Crippen LogP contribution < -0.4 is 20.4 Å². The molecule has 0 aliphatic carbocycles. The topological polar surface area (TPSA) is 119 Å². The number of unbranched alkanes of at least 4 members (excludes halogenated alkanes) is 1. The molecule has 1 aromatic heterocycles. The van der Waals surface area contributed by atoms with Crippen molar-refractivity contribution in [2.24, 2.45) is 0 Å². The van der Waals surface area contributed by atoms with Gasteiger partial charge in [-0.15, -0.1) is 0 Å². The monoisotopic (exact) mass is 488 g/mol. The first-order valence-electron chi connectivity index (χ1n) is 11.8. The van der Waals surface area contributed by atoms with Gasteiger partial charge >= 0.3 is 11.6 Å². The average Bonchev–Trinajstić information content (AvgIpc) is 2.87. The molecule has 0 aliphatic heterocycles. The van der Waals surface area contributed by atoms with Gasteiger partial charge < -0.3 is 19.2 Å². The molecule has 8 heteroatoms. The zero-order valence-electron chi connectivity index (χ0n) is 20.5. The maximum absolute atomic E-state index is 12.6. The van der Waals surface area contributed by atoms with Crippen molar-refractivity contribution in [3.8, 4) is 17.6 Å². The predicted molar refractivity (Wildman–Crippen MR) is 136 cm³/mol. The van der Waals surface area contributed by atoms with Crippen LogP contribution in [0.3, 0.4) is 0 Å². The SMILES string of the molecule is CCCCOc1ccc(/C=C(\C#N)C(=O)Oc2ccc3cc(C(=O)NC(C)CC)c(=O)oc3c2)cc1. The van der Waals surface area contributed by atoms with Gasteiger partial charge in [0.25, 0.3) is 5.91 Å². The lowest BCUT2D eigenvalue weighted by Gasteiger charge is -2.11. The zero-order chi connectivity index (χ0) is 26.1. The molecule has 2 aromatic carbocycles. The summed E-state index contributed by atoms with van der Waals surface area (Å²) in [5.74, 6) is -0.569. The highest BCUT2D eigenvalue weighted by molar-refractivity contribution is 6.00. The van der Waals surface area contributed by atoms with E-state index in [2.05, 4.69) is 12.2 Å². The lowest BCUT2D eigenvalue weighted by molar-refractivity contribution is -0.129. The number of carbonyl (C=O) groups is 2. The minimum Gasteiger partial charge on any atom is -0.494 e. The molecule has 8 nitrogen and oxygen atoms in total. The van der Waals surface area contributed by atoms with E-state index >= 15 is 0 Å². The van der Waals surface area contributed by atoms with Crippen LogP contribution in [0.1, 0.15) is 56.0 Å². The molecule has 0 spiro atoms. The Labute approximate surface area is 209 Å². The van der Waals surface area contributed by atoms with Crippen LogP contribution in [-0.2, 0) is 4.79 Å². The summed E-state index contributed by atoms with van der Waals surface area (Å²) in [6.07, 6.45) is 4.13. The minimum absolute atomic E-state index is 0.0890. The summed E-state index contributed by atoms with van der Waals surface area (Å²) >= 11 is 0. The predicted octanol–water partition coefficient (Wildman–Crippen LogP) is 5.01. The fourth-order valence-electron chi connectivity index (χ4n) is 3.18. The van der Waals surface area contributed by atoms with Crippen molar-refractivity contribution in [3.63, 3.8) is 0 Å². The van der Waals surface area contributed by atoms with E-state index in [1.165, 1.54) is 24.3 Å². The van der Waals surface area contributed by atoms with Crippen LogP contribution in [0.5, 0.6) is 11.5 Å². The third-order valence-electron chi connectivity index (χ3n) is 5.45. The van der Waals surface area contributed by atoms with Crippen LogP contribution in [-0.4, -0.2) is 24.5 Å². The molecule has 0 bridgehead atoms. The molecule has 1 N–H and O–H groups in total. The summed E-state index contributed by atoms with van der Waals surface area (Å²) in [7, 11) is 0. The highest BCUT2D eigenvalue weighted by atomic mass is 16.5. The number of nitriles is 1. The van der Waals surface area contributed by atoms with E-state index < -0.39 is 17.5 Å². The van der Waals surface area contributed by atoms with E-state index in [1.54, 1.807) is 30.3 Å². The molecule has 0 fully saturated rings. The van der Waals surface area contributed by atoms with E-state index in [0.717, 1.165) is 19.3 Å². The zero-order valence-corrected chi connectivity index (χ0v) is 20.5. The Bertz CT molecular complexity index is 1370. The maximum Gasteiger partial charge on any atom is 0.354 e. The van der Waals surface area contributed by atoms with Crippen molar-refractivity contribution >= 4 is 28.9 Å². The normalized spacial score (nSPS) is 12.0. The average molecular weight is 489 g/mol. The molecule has 1 amide bonds. The lowest BCUT2D eigenvalue weighted by atomic mass is 10.1. The van der Waals surface area contributed by atoms with Crippen LogP contribution >= 0.6 is 0 Å². The largest absolute Gasteiger partial charge is 0.494 e. The molecule has 1 unspecified atom stereocenters. The Morgan fingerprint density at radius 1 is 1.11 bits per heavy atom. The molecule has 3 aromatic rings. The fraction of sp³-hybridized carbons (Fsp3) is 0.286. The van der Waals surface area contributed by atoms with Gasteiger partial charge in [-0.2, -0.15) is 5.26 Å². The van der Waals surface area contributed by atoms with E-state index in [-0.39, 0.29) is 28.5 Å². The number of amides is 1. The molecule has 36 heavy (non-hydrogen) atoms. The second-order valence-corrected chi connectivity index (χ2v) is 8.26. The highest BCUT2D eigenvalue weighted by Gasteiger charge is 2.17. The smallest absolute Gasteiger partial charge is 0.354 e. The third kappa shape index (κ3) is 6.83. The first-order chi connectivity index (χ1) is 17.3. The number of carbonyl (C=O) groups excluding carboxylic acids is 2. The number of hydrogen-bond donors (Lipinski definition) is 1. The number of ether oxygens (including phenoxy) is 2. The Morgan fingerprint density at radius 3 is 2.50 bits per heavy atom. The van der Waals surface area contributed by atoms with E-state index in [1.807, 2.05) is 19.9 Å². The second kappa shape index (κ2) is 12.4. The molecule has 1 heterocycles. The van der Waals surface area contributed by atoms with E-state index in [4.69, 9.17) is 13.9 Å².